The van der Waals surface area contributed by atoms with Gasteiger partial charge in [0.15, 0.2) is 5.96 Å². The van der Waals surface area contributed by atoms with E-state index in [-0.39, 0.29) is 0 Å². The molecule has 0 aliphatic heterocycles. The molecule has 0 unspecified atom stereocenters. The van der Waals surface area contributed by atoms with Crippen LogP contribution < -0.4 is 10.6 Å². The lowest BCUT2D eigenvalue weighted by Crippen LogP contribution is -2.37. The van der Waals surface area contributed by atoms with Gasteiger partial charge in [-0.1, -0.05) is 36.4 Å². The van der Waals surface area contributed by atoms with Crippen LogP contribution in [0.25, 0.3) is 11.0 Å². The second-order valence-corrected chi connectivity index (χ2v) is 6.93. The van der Waals surface area contributed by atoms with Gasteiger partial charge in [0.05, 0.1) is 17.4 Å². The molecule has 1 heterocycles. The number of aromatic nitrogens is 2. The van der Waals surface area contributed by atoms with Gasteiger partial charge in [0, 0.05) is 39.9 Å². The Hall–Kier alpha value is -2.86. The van der Waals surface area contributed by atoms with Crippen LogP contribution in [0.1, 0.15) is 30.9 Å². The van der Waals surface area contributed by atoms with Crippen molar-refractivity contribution in [3.05, 3.63) is 66.0 Å². The standard InChI is InChI=1S/C23H31N5O/c1-3-29-15-7-6-14-25-23(24-2)26-16-19-10-12-20(13-11-19)17-28-18-27-21-8-4-5-9-22(21)28/h4-5,8-13,18H,3,6-7,14-17H2,1-2H3,(H2,24,25,26). The molecular formula is C23H31N5O. The van der Waals surface area contributed by atoms with Gasteiger partial charge < -0.3 is 19.9 Å². The molecule has 3 aromatic rings. The van der Waals surface area contributed by atoms with Crippen LogP contribution in [0.2, 0.25) is 0 Å². The lowest BCUT2D eigenvalue weighted by atomic mass is 10.1. The van der Waals surface area contributed by atoms with Crippen molar-refractivity contribution in [2.45, 2.75) is 32.9 Å². The van der Waals surface area contributed by atoms with Crippen molar-refractivity contribution in [3.8, 4) is 0 Å². The van der Waals surface area contributed by atoms with Crippen molar-refractivity contribution >= 4 is 17.0 Å². The van der Waals surface area contributed by atoms with Crippen LogP contribution in [0.4, 0.5) is 0 Å². The number of fused-ring (bicyclic) bond motifs is 1. The topological polar surface area (TPSA) is 63.5 Å². The molecule has 0 atom stereocenters. The molecule has 3 rings (SSSR count). The molecule has 0 aliphatic carbocycles. The summed E-state index contributed by atoms with van der Waals surface area (Å²) in [4.78, 5) is 8.75. The molecule has 0 fully saturated rings. The van der Waals surface area contributed by atoms with Gasteiger partial charge in [-0.25, -0.2) is 4.98 Å². The SMILES string of the molecule is CCOCCCCNC(=NC)NCc1ccc(Cn2cnc3ccccc32)cc1. The zero-order valence-corrected chi connectivity index (χ0v) is 17.4. The Kier molecular flexibility index (Phi) is 8.07. The summed E-state index contributed by atoms with van der Waals surface area (Å²) in [6.07, 6.45) is 4.04. The van der Waals surface area contributed by atoms with Crippen molar-refractivity contribution in [1.82, 2.24) is 20.2 Å². The monoisotopic (exact) mass is 393 g/mol. The van der Waals surface area contributed by atoms with Crippen LogP contribution in [0.15, 0.2) is 59.9 Å². The molecule has 2 aromatic carbocycles. The van der Waals surface area contributed by atoms with Crippen LogP contribution in [-0.4, -0.2) is 42.3 Å². The number of imidazole rings is 1. The van der Waals surface area contributed by atoms with Gasteiger partial charge in [-0.05, 0) is 43.0 Å². The van der Waals surface area contributed by atoms with Crippen molar-refractivity contribution < 1.29 is 4.74 Å². The molecule has 0 aliphatic rings. The average Bonchev–Trinajstić information content (AvgIpc) is 3.16. The normalized spacial score (nSPS) is 11.7. The first-order chi connectivity index (χ1) is 14.3. The van der Waals surface area contributed by atoms with E-state index in [1.165, 1.54) is 11.1 Å². The van der Waals surface area contributed by atoms with E-state index in [0.717, 1.165) is 62.7 Å². The quantitative estimate of drug-likeness (QED) is 0.314. The number of unbranched alkanes of at least 4 members (excludes halogenated alkanes) is 1. The number of benzene rings is 2. The lowest BCUT2D eigenvalue weighted by Gasteiger charge is -2.12. The number of ether oxygens (including phenoxy) is 1. The fourth-order valence-corrected chi connectivity index (χ4v) is 3.18. The zero-order chi connectivity index (χ0) is 20.3. The van der Waals surface area contributed by atoms with Crippen LogP contribution in [-0.2, 0) is 17.8 Å². The van der Waals surface area contributed by atoms with E-state index >= 15 is 0 Å². The van der Waals surface area contributed by atoms with E-state index in [4.69, 9.17) is 4.74 Å². The third-order valence-corrected chi connectivity index (χ3v) is 4.80. The fourth-order valence-electron chi connectivity index (χ4n) is 3.18. The maximum atomic E-state index is 5.36. The summed E-state index contributed by atoms with van der Waals surface area (Å²) in [6.45, 7) is 6.09. The molecule has 154 valence electrons. The summed E-state index contributed by atoms with van der Waals surface area (Å²) in [7, 11) is 1.80. The van der Waals surface area contributed by atoms with E-state index in [0.29, 0.717) is 0 Å². The van der Waals surface area contributed by atoms with E-state index in [1.54, 1.807) is 7.05 Å². The van der Waals surface area contributed by atoms with Crippen LogP contribution >= 0.6 is 0 Å². The Morgan fingerprint density at radius 1 is 1.03 bits per heavy atom. The van der Waals surface area contributed by atoms with Crippen molar-refractivity contribution in [1.29, 1.82) is 0 Å². The highest BCUT2D eigenvalue weighted by molar-refractivity contribution is 5.79. The fraction of sp³-hybridized carbons (Fsp3) is 0.391. The molecule has 6 heteroatoms. The number of aliphatic imine (C=N–C) groups is 1. The third kappa shape index (κ3) is 6.32. The Balaban J connectivity index is 1.45. The third-order valence-electron chi connectivity index (χ3n) is 4.80. The van der Waals surface area contributed by atoms with Crippen molar-refractivity contribution in [2.24, 2.45) is 4.99 Å². The molecule has 0 radical (unpaired) electrons. The summed E-state index contributed by atoms with van der Waals surface area (Å²) in [6, 6.07) is 16.9. The Labute approximate surface area is 173 Å². The van der Waals surface area contributed by atoms with Crippen LogP contribution in [0.3, 0.4) is 0 Å². The van der Waals surface area contributed by atoms with E-state index in [2.05, 4.69) is 61.6 Å². The number of rotatable bonds is 10. The maximum Gasteiger partial charge on any atom is 0.191 e. The Morgan fingerprint density at radius 3 is 2.62 bits per heavy atom. The molecular weight excluding hydrogens is 362 g/mol. The summed E-state index contributed by atoms with van der Waals surface area (Å²) < 4.78 is 7.54. The first kappa shape index (κ1) is 20.9. The molecule has 2 N–H and O–H groups in total. The summed E-state index contributed by atoms with van der Waals surface area (Å²) >= 11 is 0. The molecule has 0 spiro atoms. The predicted molar refractivity (Wildman–Crippen MR) is 119 cm³/mol. The Morgan fingerprint density at radius 2 is 1.83 bits per heavy atom. The number of guanidine groups is 1. The summed E-state index contributed by atoms with van der Waals surface area (Å²) in [5.41, 5.74) is 4.68. The molecule has 1 aromatic heterocycles. The van der Waals surface area contributed by atoms with Gasteiger partial charge in [0.1, 0.15) is 0 Å². The van der Waals surface area contributed by atoms with Crippen LogP contribution in [0, 0.1) is 0 Å². The van der Waals surface area contributed by atoms with E-state index in [1.807, 2.05) is 25.4 Å². The minimum atomic E-state index is 0.743. The predicted octanol–water partition coefficient (Wildman–Crippen LogP) is 3.57. The number of nitrogens with zero attached hydrogens (tertiary/aromatic N) is 3. The Bertz CT molecular complexity index is 901. The van der Waals surface area contributed by atoms with Gasteiger partial charge in [0.25, 0.3) is 0 Å². The summed E-state index contributed by atoms with van der Waals surface area (Å²) in [5.74, 6) is 0.829. The molecule has 0 bridgehead atoms. The molecule has 29 heavy (non-hydrogen) atoms. The van der Waals surface area contributed by atoms with Gasteiger partial charge in [0.2, 0.25) is 0 Å². The van der Waals surface area contributed by atoms with Crippen molar-refractivity contribution in [3.63, 3.8) is 0 Å². The van der Waals surface area contributed by atoms with Gasteiger partial charge in [-0.3, -0.25) is 4.99 Å². The second kappa shape index (κ2) is 11.2. The number of hydrogen-bond donors (Lipinski definition) is 2. The van der Waals surface area contributed by atoms with Crippen LogP contribution in [0.5, 0.6) is 0 Å². The number of para-hydroxylation sites is 2. The van der Waals surface area contributed by atoms with Gasteiger partial charge in [-0.2, -0.15) is 0 Å². The highest BCUT2D eigenvalue weighted by Crippen LogP contribution is 2.14. The van der Waals surface area contributed by atoms with Crippen molar-refractivity contribution in [2.75, 3.05) is 26.8 Å². The highest BCUT2D eigenvalue weighted by Gasteiger charge is 2.03. The van der Waals surface area contributed by atoms with E-state index in [9.17, 15) is 0 Å². The first-order valence-electron chi connectivity index (χ1n) is 10.3. The lowest BCUT2D eigenvalue weighted by molar-refractivity contribution is 0.143. The number of hydrogen-bond acceptors (Lipinski definition) is 3. The minimum absolute atomic E-state index is 0.743. The van der Waals surface area contributed by atoms with Gasteiger partial charge in [-0.15, -0.1) is 0 Å². The minimum Gasteiger partial charge on any atom is -0.382 e. The molecule has 0 amide bonds. The smallest absolute Gasteiger partial charge is 0.191 e. The first-order valence-corrected chi connectivity index (χ1v) is 10.3. The van der Waals surface area contributed by atoms with E-state index < -0.39 is 0 Å². The highest BCUT2D eigenvalue weighted by atomic mass is 16.5. The average molecular weight is 394 g/mol. The second-order valence-electron chi connectivity index (χ2n) is 6.93. The number of nitrogens with one attached hydrogen (secondary N) is 2. The zero-order valence-electron chi connectivity index (χ0n) is 17.4. The van der Waals surface area contributed by atoms with Gasteiger partial charge >= 0.3 is 0 Å². The largest absolute Gasteiger partial charge is 0.382 e. The maximum absolute atomic E-state index is 5.36. The summed E-state index contributed by atoms with van der Waals surface area (Å²) in [5, 5.41) is 6.72. The molecule has 6 nitrogen and oxygen atoms in total. The molecule has 0 saturated heterocycles. The molecule has 0 saturated carbocycles.